The number of carboxylic acid groups (broad SMARTS) is 3. The van der Waals surface area contributed by atoms with Crippen LogP contribution in [0.15, 0.2) is 24.3 Å². The number of anilines is 1. The molecule has 13 N–H and O–H groups in total. The molecule has 0 heterocycles. The summed E-state index contributed by atoms with van der Waals surface area (Å²) in [5.41, 5.74) is 10.3. The van der Waals surface area contributed by atoms with E-state index in [1.807, 2.05) is 41.5 Å². The predicted molar refractivity (Wildman–Crippen MR) is 281 cm³/mol. The second kappa shape index (κ2) is 32.3. The molecule has 1 aliphatic carbocycles. The molecule has 76 heavy (non-hydrogen) atoms. The molecule has 0 aliphatic heterocycles. The van der Waals surface area contributed by atoms with Crippen LogP contribution in [0.4, 0.5) is 5.69 Å². The number of nitrogens with one attached hydrogen (secondary N) is 6. The van der Waals surface area contributed by atoms with Gasteiger partial charge in [-0.15, -0.1) is 0 Å². The zero-order chi connectivity index (χ0) is 57.2. The van der Waals surface area contributed by atoms with Crippen LogP contribution in [0.1, 0.15) is 162 Å². The Balaban J connectivity index is 1.71. The molecule has 0 saturated heterocycles. The highest BCUT2D eigenvalue weighted by atomic mass is 16.5. The van der Waals surface area contributed by atoms with E-state index in [0.717, 1.165) is 0 Å². The fraction of sp³-hybridized carbons (Fsp3) is 0.698. The molecule has 0 spiro atoms. The molecule has 1 aromatic carbocycles. The van der Waals surface area contributed by atoms with Gasteiger partial charge in [-0.1, -0.05) is 27.7 Å². The minimum atomic E-state index is -1.40. The minimum Gasteiger partial charge on any atom is -0.481 e. The molecule has 1 fully saturated rings. The first-order chi connectivity index (χ1) is 35.5. The number of hydrogen-bond donors (Lipinski definition) is 11. The first-order valence-corrected chi connectivity index (χ1v) is 26.3. The van der Waals surface area contributed by atoms with E-state index >= 15 is 0 Å². The number of aliphatic carboxylic acids is 3. The van der Waals surface area contributed by atoms with Gasteiger partial charge in [-0.2, -0.15) is 0 Å². The molecule has 0 bridgehead atoms. The monoisotopic (exact) mass is 1070 g/mol. The third kappa shape index (κ3) is 25.9. The standard InChI is InChI=1S/C53H86N8O15/c1-33(24-28-76-53(6,7)25-23-42(63)59-38(46(55)69)10-8-9-26-56-47(70)35-15-17-37(54)18-16-35)75-29-27-57-49(72)39(20-22-44(65)66)60-41(62)21-19-40(50(73)74)61-48(71)36-13-11-34(12-14-36)32-58-43(64)30-51(2,3)52(4,5)31-45(67)68/h15-18,33-34,36,38-40H,8-14,19-32,54H2,1-7H3,(H2,55,69)(H,56,70)(H,57,72)(H,58,64)(H,59,63)(H,60,62)(H,61,71)(H,65,66)(H,67,68)(H,73,74). The number of rotatable bonds is 37. The Kier molecular flexibility index (Phi) is 27.9. The number of hydrogen-bond acceptors (Lipinski definition) is 13. The van der Waals surface area contributed by atoms with Gasteiger partial charge in [0.2, 0.25) is 35.4 Å². The van der Waals surface area contributed by atoms with Crippen molar-refractivity contribution in [2.24, 2.45) is 28.4 Å². The Bertz CT molecular complexity index is 2110. The summed E-state index contributed by atoms with van der Waals surface area (Å²) in [6, 6.07) is 3.00. The Morgan fingerprint density at radius 3 is 1.86 bits per heavy atom. The molecule has 7 amide bonds. The van der Waals surface area contributed by atoms with Crippen LogP contribution in [0, 0.1) is 22.7 Å². The third-order valence-corrected chi connectivity index (χ3v) is 14.2. The second-order valence-electron chi connectivity index (χ2n) is 21.8. The summed E-state index contributed by atoms with van der Waals surface area (Å²) in [5, 5.41) is 44.5. The predicted octanol–water partition coefficient (Wildman–Crippen LogP) is 3.16. The SMILES string of the molecule is CC(CCOC(C)(C)CCC(=O)NC(CCCCNC(=O)c1ccc(N)cc1)C(N)=O)OCCNC(=O)C(CCC(=O)O)NC(=O)CCC(NC(=O)C1CCC(CNC(=O)CC(C)(C)C(C)(C)CC(=O)O)CC1)C(=O)O. The van der Waals surface area contributed by atoms with E-state index in [0.29, 0.717) is 82.1 Å². The third-order valence-electron chi connectivity index (χ3n) is 14.2. The molecule has 0 aromatic heterocycles. The van der Waals surface area contributed by atoms with Gasteiger partial charge in [0.05, 0.1) is 24.7 Å². The van der Waals surface area contributed by atoms with E-state index in [9.17, 15) is 63.3 Å². The number of nitrogens with two attached hydrogens (primary N) is 2. The van der Waals surface area contributed by atoms with Crippen molar-refractivity contribution in [2.75, 3.05) is 38.6 Å². The zero-order valence-electron chi connectivity index (χ0n) is 45.5. The molecule has 4 unspecified atom stereocenters. The van der Waals surface area contributed by atoms with Crippen LogP contribution in [0.5, 0.6) is 0 Å². The number of ether oxygens (including phenoxy) is 2. The van der Waals surface area contributed by atoms with Gasteiger partial charge in [0, 0.05) is 69.1 Å². The Morgan fingerprint density at radius 1 is 0.645 bits per heavy atom. The van der Waals surface area contributed by atoms with Crippen molar-refractivity contribution in [3.8, 4) is 0 Å². The van der Waals surface area contributed by atoms with Crippen LogP contribution < -0.4 is 43.4 Å². The summed E-state index contributed by atoms with van der Waals surface area (Å²) in [5.74, 6) is -7.17. The smallest absolute Gasteiger partial charge is 0.326 e. The van der Waals surface area contributed by atoms with Crippen LogP contribution in [0.25, 0.3) is 0 Å². The molecule has 1 aromatic rings. The maximum Gasteiger partial charge on any atom is 0.326 e. The van der Waals surface area contributed by atoms with Crippen molar-refractivity contribution in [3.63, 3.8) is 0 Å². The van der Waals surface area contributed by atoms with Crippen molar-refractivity contribution in [3.05, 3.63) is 29.8 Å². The lowest BCUT2D eigenvalue weighted by Gasteiger charge is -2.40. The van der Waals surface area contributed by atoms with Crippen molar-refractivity contribution in [1.29, 1.82) is 0 Å². The zero-order valence-corrected chi connectivity index (χ0v) is 45.5. The van der Waals surface area contributed by atoms with E-state index in [4.69, 9.17) is 20.9 Å². The summed E-state index contributed by atoms with van der Waals surface area (Å²) < 4.78 is 11.8. The largest absolute Gasteiger partial charge is 0.481 e. The summed E-state index contributed by atoms with van der Waals surface area (Å²) in [4.78, 5) is 124. The van der Waals surface area contributed by atoms with Gasteiger partial charge in [-0.25, -0.2) is 4.79 Å². The lowest BCUT2D eigenvalue weighted by molar-refractivity contribution is -0.143. The maximum absolute atomic E-state index is 13.2. The van der Waals surface area contributed by atoms with E-state index in [1.54, 1.807) is 31.2 Å². The fourth-order valence-electron chi connectivity index (χ4n) is 8.43. The van der Waals surface area contributed by atoms with E-state index < -0.39 is 88.4 Å². The van der Waals surface area contributed by atoms with Crippen LogP contribution in [0.2, 0.25) is 0 Å². The molecule has 2 rings (SSSR count). The number of carbonyl (C=O) groups excluding carboxylic acids is 7. The van der Waals surface area contributed by atoms with Crippen molar-refractivity contribution >= 4 is 64.9 Å². The van der Waals surface area contributed by atoms with Gasteiger partial charge < -0.3 is 68.2 Å². The van der Waals surface area contributed by atoms with Gasteiger partial charge in [0.1, 0.15) is 18.1 Å². The van der Waals surface area contributed by atoms with Gasteiger partial charge >= 0.3 is 17.9 Å². The number of benzene rings is 1. The highest BCUT2D eigenvalue weighted by Gasteiger charge is 2.40. The molecular weight excluding hydrogens is 989 g/mol. The minimum absolute atomic E-state index is 0.0220. The molecule has 23 heteroatoms. The highest BCUT2D eigenvalue weighted by molar-refractivity contribution is 5.94. The van der Waals surface area contributed by atoms with E-state index in [-0.39, 0.29) is 88.0 Å². The highest BCUT2D eigenvalue weighted by Crippen LogP contribution is 2.44. The molecule has 0 radical (unpaired) electrons. The van der Waals surface area contributed by atoms with Gasteiger partial charge in [-0.05, 0) is 132 Å². The number of carboxylic acids is 3. The van der Waals surface area contributed by atoms with Crippen LogP contribution in [-0.4, -0.2) is 137 Å². The number of amides is 7. The second-order valence-corrected chi connectivity index (χ2v) is 21.8. The summed E-state index contributed by atoms with van der Waals surface area (Å²) in [6.07, 6.45) is 2.82. The normalized spacial score (nSPS) is 16.4. The molecule has 1 aliphatic rings. The topological polar surface area (TPSA) is 374 Å². The average Bonchev–Trinajstić information content (AvgIpc) is 3.33. The van der Waals surface area contributed by atoms with Crippen molar-refractivity contribution in [1.82, 2.24) is 31.9 Å². The van der Waals surface area contributed by atoms with Crippen molar-refractivity contribution in [2.45, 2.75) is 181 Å². The van der Waals surface area contributed by atoms with Crippen molar-refractivity contribution < 1.29 is 72.7 Å². The average molecular weight is 1080 g/mol. The van der Waals surface area contributed by atoms with E-state index in [2.05, 4.69) is 31.9 Å². The number of unbranched alkanes of at least 4 members (excludes halogenated alkanes) is 1. The molecule has 4 atom stereocenters. The Hall–Kier alpha value is -6.36. The summed E-state index contributed by atoms with van der Waals surface area (Å²) in [7, 11) is 0. The molecule has 23 nitrogen and oxygen atoms in total. The van der Waals surface area contributed by atoms with E-state index in [1.165, 1.54) is 0 Å². The Labute approximate surface area is 446 Å². The Morgan fingerprint density at radius 2 is 1.25 bits per heavy atom. The fourth-order valence-corrected chi connectivity index (χ4v) is 8.43. The lowest BCUT2D eigenvalue weighted by Crippen LogP contribution is -2.48. The van der Waals surface area contributed by atoms with Gasteiger partial charge in [-0.3, -0.25) is 43.2 Å². The summed E-state index contributed by atoms with van der Waals surface area (Å²) in [6.45, 7) is 14.0. The molecule has 1 saturated carbocycles. The lowest BCUT2D eigenvalue weighted by atomic mass is 9.64. The number of nitrogen functional groups attached to an aromatic ring is 1. The van der Waals surface area contributed by atoms with Crippen LogP contribution in [-0.2, 0) is 52.6 Å². The van der Waals surface area contributed by atoms with Crippen LogP contribution >= 0.6 is 0 Å². The molecule has 428 valence electrons. The quantitative estimate of drug-likeness (QED) is 0.0337. The maximum atomic E-state index is 13.2. The first kappa shape index (κ1) is 65.8. The number of primary amides is 1. The first-order valence-electron chi connectivity index (χ1n) is 26.3. The van der Waals surface area contributed by atoms with Gasteiger partial charge in [0.15, 0.2) is 0 Å². The molecular formula is C53H86N8O15. The number of carbonyl (C=O) groups is 10. The summed E-state index contributed by atoms with van der Waals surface area (Å²) >= 11 is 0. The van der Waals surface area contributed by atoms with Crippen LogP contribution in [0.3, 0.4) is 0 Å². The van der Waals surface area contributed by atoms with Gasteiger partial charge in [0.25, 0.3) is 5.91 Å².